The van der Waals surface area contributed by atoms with Crippen LogP contribution in [0.5, 0.6) is 0 Å². The maximum absolute atomic E-state index is 13.5. The van der Waals surface area contributed by atoms with Crippen molar-refractivity contribution in [2.75, 3.05) is 0 Å². The third-order valence-corrected chi connectivity index (χ3v) is 5.32. The zero-order chi connectivity index (χ0) is 22.4. The standard InChI is InChI=1S/C26H26FNO3/c1-17(2)24(29)23(26(31)28-21-11-7-4-8-12-21)22(18-9-5-3-6-10-18)25(30)19-13-15-20(27)16-14-19/h3,5-7,9-17,22-23H,4,8H2,1-2H3,(H,28,31). The number of carbonyl (C=O) groups is 3. The average Bonchev–Trinajstić information content (AvgIpc) is 2.78. The number of carbonyl (C=O) groups excluding carboxylic acids is 3. The van der Waals surface area contributed by atoms with Gasteiger partial charge in [0.15, 0.2) is 5.78 Å². The molecule has 0 aliphatic heterocycles. The molecule has 2 unspecified atom stereocenters. The Bertz CT molecular complexity index is 1010. The molecule has 160 valence electrons. The first-order chi connectivity index (χ1) is 14.9. The molecule has 1 aliphatic rings. The fourth-order valence-electron chi connectivity index (χ4n) is 3.68. The van der Waals surface area contributed by atoms with Crippen LogP contribution in [0.15, 0.2) is 78.5 Å². The molecule has 0 heterocycles. The predicted octanol–water partition coefficient (Wildman–Crippen LogP) is 4.98. The SMILES string of the molecule is CC(C)C(=O)C(C(=O)NC1=CCCC=C1)C(C(=O)c1ccc(F)cc1)c1ccccc1. The predicted molar refractivity (Wildman–Crippen MR) is 118 cm³/mol. The van der Waals surface area contributed by atoms with Crippen LogP contribution < -0.4 is 5.32 Å². The number of Topliss-reactive ketones (excluding diaryl/α,β-unsaturated/α-hetero) is 2. The van der Waals surface area contributed by atoms with E-state index in [1.807, 2.05) is 12.2 Å². The van der Waals surface area contributed by atoms with E-state index in [1.165, 1.54) is 24.3 Å². The summed E-state index contributed by atoms with van der Waals surface area (Å²) in [5.74, 6) is -4.36. The van der Waals surface area contributed by atoms with Crippen molar-refractivity contribution >= 4 is 17.5 Å². The van der Waals surface area contributed by atoms with E-state index in [0.717, 1.165) is 12.8 Å². The molecule has 0 saturated heterocycles. The van der Waals surface area contributed by atoms with Crippen molar-refractivity contribution in [1.29, 1.82) is 0 Å². The minimum absolute atomic E-state index is 0.251. The molecule has 31 heavy (non-hydrogen) atoms. The van der Waals surface area contributed by atoms with E-state index in [9.17, 15) is 18.8 Å². The van der Waals surface area contributed by atoms with Gasteiger partial charge in [0, 0.05) is 17.2 Å². The Hall–Kier alpha value is -3.34. The minimum atomic E-state index is -1.21. The highest BCUT2D eigenvalue weighted by atomic mass is 19.1. The van der Waals surface area contributed by atoms with Crippen molar-refractivity contribution in [2.45, 2.75) is 32.6 Å². The Morgan fingerprint density at radius 2 is 1.61 bits per heavy atom. The zero-order valence-corrected chi connectivity index (χ0v) is 17.7. The van der Waals surface area contributed by atoms with Crippen molar-refractivity contribution in [3.63, 3.8) is 0 Å². The van der Waals surface area contributed by atoms with E-state index in [4.69, 9.17) is 0 Å². The van der Waals surface area contributed by atoms with Gasteiger partial charge in [-0.3, -0.25) is 14.4 Å². The molecule has 0 aromatic heterocycles. The first kappa shape index (κ1) is 22.3. The number of rotatable bonds is 8. The zero-order valence-electron chi connectivity index (χ0n) is 17.7. The summed E-state index contributed by atoms with van der Waals surface area (Å²) in [6.45, 7) is 3.43. The van der Waals surface area contributed by atoms with Gasteiger partial charge in [0.25, 0.3) is 0 Å². The van der Waals surface area contributed by atoms with Gasteiger partial charge in [0.1, 0.15) is 17.5 Å². The third kappa shape index (κ3) is 5.43. The van der Waals surface area contributed by atoms with Crippen molar-refractivity contribution in [3.8, 4) is 0 Å². The highest BCUT2D eigenvalue weighted by Gasteiger charge is 2.41. The summed E-state index contributed by atoms with van der Waals surface area (Å²) in [7, 11) is 0. The van der Waals surface area contributed by atoms with Crippen LogP contribution in [0.25, 0.3) is 0 Å². The Kier molecular flexibility index (Phi) is 7.29. The van der Waals surface area contributed by atoms with Crippen LogP contribution in [0, 0.1) is 17.7 Å². The van der Waals surface area contributed by atoms with Crippen LogP contribution in [0.2, 0.25) is 0 Å². The number of hydrogen-bond donors (Lipinski definition) is 1. The summed E-state index contributed by atoms with van der Waals surface area (Å²) >= 11 is 0. The third-order valence-electron chi connectivity index (χ3n) is 5.32. The molecule has 2 aromatic carbocycles. The van der Waals surface area contributed by atoms with Gasteiger partial charge >= 0.3 is 0 Å². The summed E-state index contributed by atoms with van der Waals surface area (Å²) < 4.78 is 13.4. The monoisotopic (exact) mass is 419 g/mol. The second kappa shape index (κ2) is 10.1. The molecule has 1 N–H and O–H groups in total. The molecule has 2 atom stereocenters. The van der Waals surface area contributed by atoms with Gasteiger partial charge in [-0.1, -0.05) is 56.3 Å². The van der Waals surface area contributed by atoms with Gasteiger partial charge in [-0.25, -0.2) is 4.39 Å². The second-order valence-corrected chi connectivity index (χ2v) is 7.92. The summed E-state index contributed by atoms with van der Waals surface area (Å²) in [6, 6.07) is 14.0. The Labute approximate surface area is 181 Å². The molecule has 0 radical (unpaired) electrons. The lowest BCUT2D eigenvalue weighted by molar-refractivity contribution is -0.136. The van der Waals surface area contributed by atoms with E-state index in [0.29, 0.717) is 11.3 Å². The molecule has 0 bridgehead atoms. The summed E-state index contributed by atoms with van der Waals surface area (Å²) in [5.41, 5.74) is 1.44. The van der Waals surface area contributed by atoms with Crippen LogP contribution in [0.1, 0.15) is 48.5 Å². The number of halogens is 1. The Morgan fingerprint density at radius 3 is 2.19 bits per heavy atom. The van der Waals surface area contributed by atoms with Gasteiger partial charge in [0.05, 0.1) is 5.92 Å². The minimum Gasteiger partial charge on any atom is -0.326 e. The van der Waals surface area contributed by atoms with Gasteiger partial charge in [-0.2, -0.15) is 0 Å². The van der Waals surface area contributed by atoms with Gasteiger partial charge in [0.2, 0.25) is 5.91 Å². The Balaban J connectivity index is 2.06. The number of benzene rings is 2. The topological polar surface area (TPSA) is 63.2 Å². The summed E-state index contributed by atoms with van der Waals surface area (Å²) in [4.78, 5) is 40.1. The number of allylic oxidation sites excluding steroid dienone is 3. The maximum atomic E-state index is 13.5. The van der Waals surface area contributed by atoms with Crippen molar-refractivity contribution in [2.24, 2.45) is 11.8 Å². The van der Waals surface area contributed by atoms with Crippen LogP contribution in [0.4, 0.5) is 4.39 Å². The van der Waals surface area contributed by atoms with Crippen LogP contribution in [0.3, 0.4) is 0 Å². The molecule has 1 amide bonds. The van der Waals surface area contributed by atoms with Gasteiger partial charge < -0.3 is 5.32 Å². The summed E-state index contributed by atoms with van der Waals surface area (Å²) in [5, 5.41) is 2.82. The van der Waals surface area contributed by atoms with Crippen molar-refractivity contribution < 1.29 is 18.8 Å². The number of nitrogens with one attached hydrogen (secondary N) is 1. The van der Waals surface area contributed by atoms with Crippen molar-refractivity contribution in [3.05, 3.63) is 95.5 Å². The smallest absolute Gasteiger partial charge is 0.236 e. The highest BCUT2D eigenvalue weighted by molar-refractivity contribution is 6.12. The van der Waals surface area contributed by atoms with Gasteiger partial charge in [-0.05, 0) is 48.7 Å². The lowest BCUT2D eigenvalue weighted by Gasteiger charge is -2.27. The van der Waals surface area contributed by atoms with Crippen LogP contribution in [-0.2, 0) is 9.59 Å². The molecule has 1 aliphatic carbocycles. The van der Waals surface area contributed by atoms with Gasteiger partial charge in [-0.15, -0.1) is 0 Å². The molecular weight excluding hydrogens is 393 g/mol. The summed E-state index contributed by atoms with van der Waals surface area (Å²) in [6.07, 6.45) is 7.34. The van der Waals surface area contributed by atoms with E-state index in [1.54, 1.807) is 50.3 Å². The number of ketones is 2. The van der Waals surface area contributed by atoms with Crippen LogP contribution >= 0.6 is 0 Å². The molecule has 5 heteroatoms. The van der Waals surface area contributed by atoms with E-state index >= 15 is 0 Å². The lowest BCUT2D eigenvalue weighted by atomic mass is 9.75. The first-order valence-corrected chi connectivity index (χ1v) is 10.4. The first-order valence-electron chi connectivity index (χ1n) is 10.4. The molecule has 4 nitrogen and oxygen atoms in total. The van der Waals surface area contributed by atoms with E-state index < -0.39 is 35.3 Å². The molecule has 3 rings (SSSR count). The second-order valence-electron chi connectivity index (χ2n) is 7.92. The average molecular weight is 419 g/mol. The molecule has 0 fully saturated rings. The van der Waals surface area contributed by atoms with E-state index in [-0.39, 0.29) is 11.3 Å². The fraction of sp³-hybridized carbons (Fsp3) is 0.269. The molecule has 0 saturated carbocycles. The maximum Gasteiger partial charge on any atom is 0.236 e. The quantitative estimate of drug-likeness (QED) is 0.485. The molecule has 2 aromatic rings. The Morgan fingerprint density at radius 1 is 0.935 bits per heavy atom. The lowest BCUT2D eigenvalue weighted by Crippen LogP contribution is -2.42. The number of hydrogen-bond acceptors (Lipinski definition) is 3. The number of amides is 1. The molecule has 0 spiro atoms. The highest BCUT2D eigenvalue weighted by Crippen LogP contribution is 2.32. The normalized spacial score (nSPS) is 15.2. The largest absolute Gasteiger partial charge is 0.326 e. The van der Waals surface area contributed by atoms with E-state index in [2.05, 4.69) is 5.32 Å². The van der Waals surface area contributed by atoms with Crippen LogP contribution in [-0.4, -0.2) is 17.5 Å². The van der Waals surface area contributed by atoms with Crippen molar-refractivity contribution in [1.82, 2.24) is 5.32 Å². The fourth-order valence-corrected chi connectivity index (χ4v) is 3.68. The molecular formula is C26H26FNO3.